The van der Waals surface area contributed by atoms with Crippen LogP contribution in [0.2, 0.25) is 0 Å². The van der Waals surface area contributed by atoms with Gasteiger partial charge in [0, 0.05) is 6.42 Å². The first kappa shape index (κ1) is 8.67. The van der Waals surface area contributed by atoms with Gasteiger partial charge < -0.3 is 20.1 Å². The van der Waals surface area contributed by atoms with E-state index < -0.39 is 17.8 Å². The van der Waals surface area contributed by atoms with Gasteiger partial charge in [0.2, 0.25) is 5.76 Å². The average Bonchev–Trinajstić information content (AvgIpc) is 2.01. The summed E-state index contributed by atoms with van der Waals surface area (Å²) in [4.78, 5) is 0. The number of hydrogen-bond donors (Lipinski definition) is 3. The molecule has 0 spiro atoms. The van der Waals surface area contributed by atoms with Crippen molar-refractivity contribution in [1.82, 2.24) is 0 Å². The summed E-state index contributed by atoms with van der Waals surface area (Å²) in [6.07, 6.45) is 2.72. The van der Waals surface area contributed by atoms with Crippen molar-refractivity contribution in [2.45, 2.75) is 12.7 Å². The van der Waals surface area contributed by atoms with E-state index >= 15 is 0 Å². The topological polar surface area (TPSA) is 69.9 Å². The number of allylic oxidation sites excluding steroid dienone is 2. The van der Waals surface area contributed by atoms with Gasteiger partial charge >= 0.3 is 0 Å². The van der Waals surface area contributed by atoms with Crippen LogP contribution in [0.15, 0.2) is 29.9 Å². The van der Waals surface area contributed by atoms with Crippen LogP contribution >= 0.6 is 0 Å². The summed E-state index contributed by atoms with van der Waals surface area (Å²) < 4.78 is 4.73. The van der Waals surface area contributed by atoms with Crippen LogP contribution < -0.4 is 0 Å². The molecular formula is C8H9O4. The third kappa shape index (κ3) is 1.60. The Bertz CT molecular complexity index is 252. The maximum atomic E-state index is 8.97. The molecule has 1 unspecified atom stereocenters. The Kier molecular flexibility index (Phi) is 2.40. The van der Waals surface area contributed by atoms with Crippen molar-refractivity contribution in [3.8, 4) is 0 Å². The maximum Gasteiger partial charge on any atom is 0.259 e. The number of hydrogen-bond acceptors (Lipinski definition) is 4. The van der Waals surface area contributed by atoms with Crippen LogP contribution in [-0.4, -0.2) is 21.6 Å². The average molecular weight is 169 g/mol. The Labute approximate surface area is 69.7 Å². The van der Waals surface area contributed by atoms with Crippen molar-refractivity contribution in [3.05, 3.63) is 36.0 Å². The van der Waals surface area contributed by atoms with E-state index in [1.165, 1.54) is 6.08 Å². The molecule has 3 N–H and O–H groups in total. The van der Waals surface area contributed by atoms with Gasteiger partial charge in [-0.05, 0) is 0 Å². The minimum Gasteiger partial charge on any atom is -0.504 e. The van der Waals surface area contributed by atoms with Crippen LogP contribution in [0, 0.1) is 6.08 Å². The van der Waals surface area contributed by atoms with Gasteiger partial charge in [-0.1, -0.05) is 6.08 Å². The van der Waals surface area contributed by atoms with Gasteiger partial charge in [0.15, 0.2) is 5.76 Å². The lowest BCUT2D eigenvalue weighted by Crippen LogP contribution is -2.20. The standard InChI is InChI=1S/C8H9O4/c1-2-3-5-4-6(9)7(10)8(11)12-5/h2,8-11H,1,3H2. The Morgan fingerprint density at radius 1 is 1.58 bits per heavy atom. The summed E-state index contributed by atoms with van der Waals surface area (Å²) in [6.45, 7) is 3.44. The van der Waals surface area contributed by atoms with E-state index in [1.807, 2.05) is 0 Å². The Hall–Kier alpha value is -1.42. The predicted molar refractivity (Wildman–Crippen MR) is 40.9 cm³/mol. The van der Waals surface area contributed by atoms with Crippen LogP contribution in [0.4, 0.5) is 0 Å². The fourth-order valence-electron chi connectivity index (χ4n) is 0.763. The largest absolute Gasteiger partial charge is 0.504 e. The Balaban J connectivity index is 2.82. The number of ether oxygens (including phenoxy) is 1. The molecule has 4 nitrogen and oxygen atoms in total. The molecule has 1 atom stereocenters. The molecule has 1 heterocycles. The molecule has 0 aromatic heterocycles. The van der Waals surface area contributed by atoms with E-state index in [0.717, 1.165) is 0 Å². The molecule has 0 saturated heterocycles. The summed E-state index contributed by atoms with van der Waals surface area (Å²) in [7, 11) is 0. The smallest absolute Gasteiger partial charge is 0.259 e. The van der Waals surface area contributed by atoms with E-state index in [4.69, 9.17) is 20.1 Å². The highest BCUT2D eigenvalue weighted by atomic mass is 16.6. The SMILES string of the molecule is C=CCC1=[C]C(O)=C(O)C(O)O1. The number of aliphatic hydroxyl groups excluding tert-OH is 3. The van der Waals surface area contributed by atoms with Crippen LogP contribution in [0.5, 0.6) is 0 Å². The van der Waals surface area contributed by atoms with Crippen molar-refractivity contribution in [1.29, 1.82) is 0 Å². The number of rotatable bonds is 2. The maximum absolute atomic E-state index is 8.97. The molecule has 0 aromatic carbocycles. The number of aliphatic hydroxyl groups is 3. The van der Waals surface area contributed by atoms with E-state index in [-0.39, 0.29) is 5.76 Å². The molecule has 0 saturated carbocycles. The highest BCUT2D eigenvalue weighted by Crippen LogP contribution is 2.19. The quantitative estimate of drug-likeness (QED) is 0.538. The fourth-order valence-corrected chi connectivity index (χ4v) is 0.763. The van der Waals surface area contributed by atoms with Crippen LogP contribution in [0.25, 0.3) is 0 Å². The molecule has 1 aliphatic heterocycles. The third-order valence-corrected chi connectivity index (χ3v) is 1.32. The first-order valence-corrected chi connectivity index (χ1v) is 3.35. The van der Waals surface area contributed by atoms with E-state index in [1.54, 1.807) is 0 Å². The zero-order chi connectivity index (χ0) is 9.14. The van der Waals surface area contributed by atoms with E-state index in [0.29, 0.717) is 6.42 Å². The molecule has 12 heavy (non-hydrogen) atoms. The molecule has 0 bridgehead atoms. The van der Waals surface area contributed by atoms with Gasteiger partial charge in [0.25, 0.3) is 6.29 Å². The lowest BCUT2D eigenvalue weighted by Gasteiger charge is -2.18. The molecule has 1 radical (unpaired) electrons. The van der Waals surface area contributed by atoms with Crippen molar-refractivity contribution < 1.29 is 20.1 Å². The van der Waals surface area contributed by atoms with Gasteiger partial charge in [-0.3, -0.25) is 0 Å². The van der Waals surface area contributed by atoms with Crippen molar-refractivity contribution in [3.63, 3.8) is 0 Å². The highest BCUT2D eigenvalue weighted by molar-refractivity contribution is 5.18. The van der Waals surface area contributed by atoms with Crippen molar-refractivity contribution in [2.24, 2.45) is 0 Å². The third-order valence-electron chi connectivity index (χ3n) is 1.32. The van der Waals surface area contributed by atoms with Crippen molar-refractivity contribution in [2.75, 3.05) is 0 Å². The molecule has 4 heteroatoms. The molecule has 1 rings (SSSR count). The monoisotopic (exact) mass is 169 g/mol. The Morgan fingerprint density at radius 3 is 2.75 bits per heavy atom. The molecule has 65 valence electrons. The second kappa shape index (κ2) is 3.32. The van der Waals surface area contributed by atoms with E-state index in [9.17, 15) is 0 Å². The summed E-state index contributed by atoms with van der Waals surface area (Å²) in [5.41, 5.74) is 0. The fraction of sp³-hybridized carbons (Fsp3) is 0.250. The zero-order valence-electron chi connectivity index (χ0n) is 6.32. The van der Waals surface area contributed by atoms with Crippen LogP contribution in [0.1, 0.15) is 6.42 Å². The zero-order valence-corrected chi connectivity index (χ0v) is 6.32. The normalized spacial score (nSPS) is 23.1. The molecule has 0 aromatic rings. The molecular weight excluding hydrogens is 160 g/mol. The summed E-state index contributed by atoms with van der Waals surface area (Å²) in [5, 5.41) is 26.8. The summed E-state index contributed by atoms with van der Waals surface area (Å²) >= 11 is 0. The lowest BCUT2D eigenvalue weighted by molar-refractivity contribution is -0.0720. The Morgan fingerprint density at radius 2 is 2.25 bits per heavy atom. The van der Waals surface area contributed by atoms with Gasteiger partial charge in [0.05, 0.1) is 6.08 Å². The van der Waals surface area contributed by atoms with E-state index in [2.05, 4.69) is 12.7 Å². The first-order valence-electron chi connectivity index (χ1n) is 3.35. The summed E-state index contributed by atoms with van der Waals surface area (Å²) in [5.74, 6) is -0.874. The lowest BCUT2D eigenvalue weighted by atomic mass is 10.2. The van der Waals surface area contributed by atoms with Gasteiger partial charge in [-0.15, -0.1) is 6.58 Å². The molecule has 0 aliphatic carbocycles. The second-order valence-electron chi connectivity index (χ2n) is 2.25. The van der Waals surface area contributed by atoms with Gasteiger partial charge in [-0.25, -0.2) is 0 Å². The molecule has 0 amide bonds. The predicted octanol–water partition coefficient (Wildman–Crippen LogP) is 0.926. The first-order chi connectivity index (χ1) is 5.65. The second-order valence-corrected chi connectivity index (χ2v) is 2.25. The van der Waals surface area contributed by atoms with Crippen LogP contribution in [-0.2, 0) is 4.74 Å². The van der Waals surface area contributed by atoms with Crippen molar-refractivity contribution >= 4 is 0 Å². The minimum absolute atomic E-state index is 0.243. The van der Waals surface area contributed by atoms with Crippen LogP contribution in [0.3, 0.4) is 0 Å². The highest BCUT2D eigenvalue weighted by Gasteiger charge is 2.22. The summed E-state index contributed by atoms with van der Waals surface area (Å²) in [6, 6.07) is 0. The van der Waals surface area contributed by atoms with Gasteiger partial charge in [-0.2, -0.15) is 0 Å². The molecule has 0 fully saturated rings. The van der Waals surface area contributed by atoms with Gasteiger partial charge in [0.1, 0.15) is 5.76 Å². The molecule has 1 aliphatic rings. The minimum atomic E-state index is -1.50.